The first-order valence-corrected chi connectivity index (χ1v) is 9.75. The highest BCUT2D eigenvalue weighted by molar-refractivity contribution is 6.60. The average molecular weight is 334 g/mol. The lowest BCUT2D eigenvalue weighted by Crippen LogP contribution is -2.40. The number of hydrogen-bond acceptors (Lipinski definition) is 2. The molecule has 1 aromatic carbocycles. The van der Waals surface area contributed by atoms with Crippen LogP contribution in [0.3, 0.4) is 0 Å². The zero-order valence-electron chi connectivity index (χ0n) is 17.4. The van der Waals surface area contributed by atoms with E-state index >= 15 is 0 Å². The van der Waals surface area contributed by atoms with Gasteiger partial charge in [-0.1, -0.05) is 72.2 Å². The monoisotopic (exact) mass is 334 g/mol. The highest BCUT2D eigenvalue weighted by Gasteiger charge is 2.28. The van der Waals surface area contributed by atoms with Gasteiger partial charge in [0.25, 0.3) is 0 Å². The van der Waals surface area contributed by atoms with Gasteiger partial charge in [-0.3, -0.25) is 0 Å². The highest BCUT2D eigenvalue weighted by atomic mass is 16.5. The number of aryl methyl sites for hydroxylation is 1. The van der Waals surface area contributed by atoms with Crippen LogP contribution >= 0.6 is 0 Å². The summed E-state index contributed by atoms with van der Waals surface area (Å²) in [4.78, 5) is 0. The van der Waals surface area contributed by atoms with Gasteiger partial charge in [0.2, 0.25) is 0 Å². The molecule has 1 atom stereocenters. The first-order valence-electron chi connectivity index (χ1n) is 9.75. The molecule has 1 aromatic rings. The molecule has 0 saturated heterocycles. The van der Waals surface area contributed by atoms with Crippen molar-refractivity contribution in [3.63, 3.8) is 0 Å². The van der Waals surface area contributed by atoms with Gasteiger partial charge in [-0.05, 0) is 55.5 Å². The molecule has 0 bridgehead atoms. The third-order valence-corrected chi connectivity index (χ3v) is 5.46. The van der Waals surface area contributed by atoms with E-state index < -0.39 is 7.12 Å². The van der Waals surface area contributed by atoms with Crippen LogP contribution in [0.2, 0.25) is 0 Å². The van der Waals surface area contributed by atoms with Crippen molar-refractivity contribution >= 4 is 12.6 Å². The SMILES string of the molecule is CC.CCC(CC)(CC)c1ccc(B(O)OC(C)C(C)C)c(C)c1. The molecule has 0 amide bonds. The molecule has 1 rings (SSSR count). The highest BCUT2D eigenvalue weighted by Crippen LogP contribution is 2.35. The molecule has 0 aliphatic rings. The summed E-state index contributed by atoms with van der Waals surface area (Å²) in [5, 5.41) is 10.4. The Morgan fingerprint density at radius 1 is 1.04 bits per heavy atom. The van der Waals surface area contributed by atoms with Gasteiger partial charge < -0.3 is 9.68 Å². The predicted molar refractivity (Wildman–Crippen MR) is 108 cm³/mol. The molecule has 0 heterocycles. The Morgan fingerprint density at radius 2 is 1.54 bits per heavy atom. The molecule has 0 aromatic heterocycles. The van der Waals surface area contributed by atoms with Gasteiger partial charge >= 0.3 is 7.12 Å². The van der Waals surface area contributed by atoms with E-state index in [1.54, 1.807) is 0 Å². The summed E-state index contributed by atoms with van der Waals surface area (Å²) in [5.74, 6) is 0.391. The summed E-state index contributed by atoms with van der Waals surface area (Å²) in [6, 6.07) is 6.45. The molecule has 138 valence electrons. The van der Waals surface area contributed by atoms with Crippen LogP contribution in [-0.4, -0.2) is 18.2 Å². The molecule has 2 nitrogen and oxygen atoms in total. The topological polar surface area (TPSA) is 29.5 Å². The van der Waals surface area contributed by atoms with Gasteiger partial charge in [-0.15, -0.1) is 0 Å². The molecule has 0 saturated carbocycles. The molecule has 0 aliphatic heterocycles. The van der Waals surface area contributed by atoms with E-state index in [0.29, 0.717) is 5.92 Å². The van der Waals surface area contributed by atoms with Crippen molar-refractivity contribution in [2.75, 3.05) is 0 Å². The minimum Gasteiger partial charge on any atom is -0.423 e. The standard InChI is InChI=1S/C19H33BO2.C2H6/c1-8-19(9-2,10-3)17-11-12-18(15(6)13-17)20(21)22-16(7)14(4)5;1-2/h11-14,16,21H,8-10H2,1-7H3;1-2H3. The zero-order valence-corrected chi connectivity index (χ0v) is 17.4. The molecule has 0 fully saturated rings. The second-order valence-electron chi connectivity index (χ2n) is 6.85. The second kappa shape index (κ2) is 10.9. The van der Waals surface area contributed by atoms with Crippen molar-refractivity contribution in [1.29, 1.82) is 0 Å². The molecule has 24 heavy (non-hydrogen) atoms. The minimum atomic E-state index is -0.842. The third kappa shape index (κ3) is 5.63. The molecule has 1 N–H and O–H groups in total. The predicted octanol–water partition coefficient (Wildman–Crippen LogP) is 5.24. The quantitative estimate of drug-likeness (QED) is 0.659. The van der Waals surface area contributed by atoms with E-state index in [1.807, 2.05) is 26.8 Å². The van der Waals surface area contributed by atoms with Crippen LogP contribution in [0.4, 0.5) is 0 Å². The maximum absolute atomic E-state index is 10.4. The van der Waals surface area contributed by atoms with Crippen LogP contribution in [0.15, 0.2) is 18.2 Å². The molecule has 0 aliphatic carbocycles. The molecule has 0 spiro atoms. The molecular formula is C21H39BO2. The van der Waals surface area contributed by atoms with Gasteiger partial charge in [0, 0.05) is 6.10 Å². The van der Waals surface area contributed by atoms with E-state index in [1.165, 1.54) is 5.56 Å². The Kier molecular flexibility index (Phi) is 10.6. The Hall–Kier alpha value is -0.795. The fourth-order valence-electron chi connectivity index (χ4n) is 3.08. The fraction of sp³-hybridized carbons (Fsp3) is 0.714. The third-order valence-electron chi connectivity index (χ3n) is 5.46. The van der Waals surface area contributed by atoms with E-state index in [9.17, 15) is 5.02 Å². The smallest absolute Gasteiger partial charge is 0.423 e. The van der Waals surface area contributed by atoms with Crippen LogP contribution in [0, 0.1) is 12.8 Å². The first-order chi connectivity index (χ1) is 11.3. The summed E-state index contributed by atoms with van der Waals surface area (Å²) < 4.78 is 5.74. The fourth-order valence-corrected chi connectivity index (χ4v) is 3.08. The summed E-state index contributed by atoms with van der Waals surface area (Å²) in [5.41, 5.74) is 3.62. The van der Waals surface area contributed by atoms with Crippen molar-refractivity contribution in [3.05, 3.63) is 29.3 Å². The van der Waals surface area contributed by atoms with Gasteiger partial charge in [-0.25, -0.2) is 0 Å². The van der Waals surface area contributed by atoms with Crippen LogP contribution in [0.25, 0.3) is 0 Å². The Balaban J connectivity index is 0.00000254. The van der Waals surface area contributed by atoms with Gasteiger partial charge in [0.1, 0.15) is 0 Å². The molecular weight excluding hydrogens is 295 g/mol. The summed E-state index contributed by atoms with van der Waals surface area (Å²) in [7, 11) is -0.842. The van der Waals surface area contributed by atoms with E-state index in [2.05, 4.69) is 53.7 Å². The largest absolute Gasteiger partial charge is 0.491 e. The van der Waals surface area contributed by atoms with E-state index in [-0.39, 0.29) is 11.5 Å². The summed E-state index contributed by atoms with van der Waals surface area (Å²) in [6.07, 6.45) is 3.46. The minimum absolute atomic E-state index is 0.0371. The number of benzene rings is 1. The maximum atomic E-state index is 10.4. The van der Waals surface area contributed by atoms with Crippen LogP contribution in [0.1, 0.15) is 85.8 Å². The van der Waals surface area contributed by atoms with Crippen LogP contribution in [-0.2, 0) is 10.1 Å². The Bertz CT molecular complexity index is 459. The lowest BCUT2D eigenvalue weighted by Gasteiger charge is -2.32. The second-order valence-corrected chi connectivity index (χ2v) is 6.85. The van der Waals surface area contributed by atoms with Crippen LogP contribution in [0.5, 0.6) is 0 Å². The van der Waals surface area contributed by atoms with Crippen LogP contribution < -0.4 is 5.46 Å². The number of hydrogen-bond donors (Lipinski definition) is 1. The van der Waals surface area contributed by atoms with Crippen molar-refractivity contribution in [2.24, 2.45) is 5.92 Å². The maximum Gasteiger partial charge on any atom is 0.491 e. The normalized spacial score (nSPS) is 12.6. The lowest BCUT2D eigenvalue weighted by molar-refractivity contribution is 0.145. The Labute approximate surface area is 151 Å². The van der Waals surface area contributed by atoms with Crippen molar-refractivity contribution in [3.8, 4) is 0 Å². The van der Waals surface area contributed by atoms with Gasteiger partial charge in [0.15, 0.2) is 0 Å². The molecule has 0 radical (unpaired) electrons. The molecule has 1 unspecified atom stereocenters. The van der Waals surface area contributed by atoms with Crippen molar-refractivity contribution in [2.45, 2.75) is 93.1 Å². The van der Waals surface area contributed by atoms with Crippen molar-refractivity contribution in [1.82, 2.24) is 0 Å². The Morgan fingerprint density at radius 3 is 1.92 bits per heavy atom. The number of rotatable bonds is 8. The van der Waals surface area contributed by atoms with Gasteiger partial charge in [-0.2, -0.15) is 0 Å². The van der Waals surface area contributed by atoms with E-state index in [0.717, 1.165) is 30.3 Å². The van der Waals surface area contributed by atoms with Gasteiger partial charge in [0.05, 0.1) is 0 Å². The lowest BCUT2D eigenvalue weighted by atomic mass is 9.70. The average Bonchev–Trinajstić information content (AvgIpc) is 2.58. The van der Waals surface area contributed by atoms with E-state index in [4.69, 9.17) is 4.65 Å². The first kappa shape index (κ1) is 23.2. The van der Waals surface area contributed by atoms with Crippen molar-refractivity contribution < 1.29 is 9.68 Å². The molecule has 3 heteroatoms. The zero-order chi connectivity index (χ0) is 18.9. The summed E-state index contributed by atoms with van der Waals surface area (Å²) in [6.45, 7) is 19.1. The summed E-state index contributed by atoms with van der Waals surface area (Å²) >= 11 is 0.